The van der Waals surface area contributed by atoms with Crippen LogP contribution in [0.3, 0.4) is 0 Å². The first kappa shape index (κ1) is 11.8. The molecule has 1 unspecified atom stereocenters. The Hall–Kier alpha value is -0.630. The summed E-state index contributed by atoms with van der Waals surface area (Å²) in [5.41, 5.74) is 1.33. The molecule has 0 aromatic heterocycles. The minimum Gasteiger partial charge on any atom is -0.497 e. The smallest absolute Gasteiger partial charge is 0.119 e. The standard InChI is InChI=1S/C12H19N2OP/c1-15-12-4-2-3-11(9-12)10-13-5-7-14(16)8-6-13/h2-4,9H,5-8,10,16H2,1H3. The van der Waals surface area contributed by atoms with E-state index in [0.717, 1.165) is 38.5 Å². The number of hydrogen-bond acceptors (Lipinski definition) is 3. The second-order valence-electron chi connectivity index (χ2n) is 4.16. The van der Waals surface area contributed by atoms with E-state index in [1.807, 2.05) is 6.07 Å². The van der Waals surface area contributed by atoms with Crippen molar-refractivity contribution in [1.29, 1.82) is 0 Å². The zero-order valence-corrected chi connectivity index (χ0v) is 10.9. The second-order valence-corrected chi connectivity index (χ2v) is 4.89. The molecular formula is C12H19N2OP. The molecule has 1 atom stereocenters. The summed E-state index contributed by atoms with van der Waals surface area (Å²) in [6.45, 7) is 5.57. The summed E-state index contributed by atoms with van der Waals surface area (Å²) in [4.78, 5) is 2.48. The van der Waals surface area contributed by atoms with Crippen molar-refractivity contribution >= 4 is 9.39 Å². The first-order valence-corrected chi connectivity index (χ1v) is 6.14. The number of nitrogens with zero attached hydrogens (tertiary/aromatic N) is 2. The molecule has 4 heteroatoms. The molecule has 2 rings (SSSR count). The first-order chi connectivity index (χ1) is 7.78. The van der Waals surface area contributed by atoms with E-state index in [0.29, 0.717) is 0 Å². The van der Waals surface area contributed by atoms with Crippen molar-refractivity contribution in [2.24, 2.45) is 0 Å². The molecule has 1 aliphatic heterocycles. The second kappa shape index (κ2) is 5.62. The number of rotatable bonds is 3. The monoisotopic (exact) mass is 238 g/mol. The van der Waals surface area contributed by atoms with Gasteiger partial charge in [-0.25, -0.2) is 0 Å². The van der Waals surface area contributed by atoms with Gasteiger partial charge in [0, 0.05) is 32.7 Å². The van der Waals surface area contributed by atoms with Crippen LogP contribution < -0.4 is 4.74 Å². The lowest BCUT2D eigenvalue weighted by atomic mass is 10.2. The van der Waals surface area contributed by atoms with E-state index >= 15 is 0 Å². The number of ether oxygens (including phenoxy) is 1. The van der Waals surface area contributed by atoms with Crippen LogP contribution in [0.2, 0.25) is 0 Å². The highest BCUT2D eigenvalue weighted by Crippen LogP contribution is 2.15. The quantitative estimate of drug-likeness (QED) is 0.744. The predicted octanol–water partition coefficient (Wildman–Crippen LogP) is 1.60. The van der Waals surface area contributed by atoms with Crippen molar-refractivity contribution < 1.29 is 4.74 Å². The first-order valence-electron chi connectivity index (χ1n) is 5.63. The van der Waals surface area contributed by atoms with Crippen molar-refractivity contribution in [3.63, 3.8) is 0 Å². The van der Waals surface area contributed by atoms with E-state index < -0.39 is 0 Å². The van der Waals surface area contributed by atoms with Gasteiger partial charge in [0.25, 0.3) is 0 Å². The van der Waals surface area contributed by atoms with E-state index in [9.17, 15) is 0 Å². The number of methoxy groups -OCH3 is 1. The van der Waals surface area contributed by atoms with Gasteiger partial charge in [-0.2, -0.15) is 0 Å². The zero-order chi connectivity index (χ0) is 11.4. The lowest BCUT2D eigenvalue weighted by Gasteiger charge is -2.32. The minimum absolute atomic E-state index is 0.946. The van der Waals surface area contributed by atoms with Gasteiger partial charge in [-0.1, -0.05) is 21.5 Å². The summed E-state index contributed by atoms with van der Waals surface area (Å²) in [6, 6.07) is 8.33. The summed E-state index contributed by atoms with van der Waals surface area (Å²) < 4.78 is 7.52. The third kappa shape index (κ3) is 3.18. The Balaban J connectivity index is 1.93. The molecule has 1 fully saturated rings. The molecule has 1 aliphatic rings. The molecule has 0 radical (unpaired) electrons. The molecule has 0 aliphatic carbocycles. The highest BCUT2D eigenvalue weighted by Gasteiger charge is 2.13. The molecule has 1 aromatic rings. The zero-order valence-electron chi connectivity index (χ0n) is 9.72. The summed E-state index contributed by atoms with van der Waals surface area (Å²) in [6.07, 6.45) is 0. The van der Waals surface area contributed by atoms with E-state index in [1.54, 1.807) is 7.11 Å². The van der Waals surface area contributed by atoms with Crippen molar-refractivity contribution in [3.05, 3.63) is 29.8 Å². The fourth-order valence-electron chi connectivity index (χ4n) is 1.95. The number of benzene rings is 1. The van der Waals surface area contributed by atoms with Crippen molar-refractivity contribution in [2.75, 3.05) is 33.3 Å². The van der Waals surface area contributed by atoms with Gasteiger partial charge in [-0.15, -0.1) is 0 Å². The summed E-state index contributed by atoms with van der Waals surface area (Å²) in [5.74, 6) is 0.946. The summed E-state index contributed by atoms with van der Waals surface area (Å²) >= 11 is 0. The third-order valence-corrected chi connectivity index (χ3v) is 3.46. The van der Waals surface area contributed by atoms with Gasteiger partial charge >= 0.3 is 0 Å². The summed E-state index contributed by atoms with van der Waals surface area (Å²) in [7, 11) is 4.49. The maximum atomic E-state index is 5.23. The van der Waals surface area contributed by atoms with Crippen LogP contribution in [0, 0.1) is 0 Å². The van der Waals surface area contributed by atoms with Crippen LogP contribution in [0.4, 0.5) is 0 Å². The van der Waals surface area contributed by atoms with Crippen molar-refractivity contribution in [3.8, 4) is 5.75 Å². The molecule has 3 nitrogen and oxygen atoms in total. The SMILES string of the molecule is COc1cccc(CN2CCN(P)CC2)c1. The largest absolute Gasteiger partial charge is 0.497 e. The minimum atomic E-state index is 0.946. The summed E-state index contributed by atoms with van der Waals surface area (Å²) in [5, 5.41) is 0. The Morgan fingerprint density at radius 2 is 2.00 bits per heavy atom. The molecule has 0 bridgehead atoms. The van der Waals surface area contributed by atoms with Gasteiger partial charge in [0.2, 0.25) is 0 Å². The topological polar surface area (TPSA) is 15.7 Å². The molecule has 88 valence electrons. The molecule has 16 heavy (non-hydrogen) atoms. The van der Waals surface area contributed by atoms with Crippen LogP contribution in [0.15, 0.2) is 24.3 Å². The van der Waals surface area contributed by atoms with Gasteiger partial charge in [0.1, 0.15) is 5.75 Å². The molecular weight excluding hydrogens is 219 g/mol. The Bertz CT molecular complexity index is 338. The van der Waals surface area contributed by atoms with E-state index in [2.05, 4.69) is 37.2 Å². The average Bonchev–Trinajstić information content (AvgIpc) is 2.32. The lowest BCUT2D eigenvalue weighted by molar-refractivity contribution is 0.188. The molecule has 0 spiro atoms. The Morgan fingerprint density at radius 3 is 2.69 bits per heavy atom. The lowest BCUT2D eigenvalue weighted by Crippen LogP contribution is -2.41. The fourth-order valence-corrected chi connectivity index (χ4v) is 2.18. The molecule has 0 saturated carbocycles. The number of hydrogen-bond donors (Lipinski definition) is 0. The number of piperazine rings is 1. The van der Waals surface area contributed by atoms with Crippen LogP contribution in [-0.4, -0.2) is 42.9 Å². The molecule has 0 N–H and O–H groups in total. The Kier molecular flexibility index (Phi) is 4.16. The van der Waals surface area contributed by atoms with Crippen LogP contribution in [0.25, 0.3) is 0 Å². The molecule has 1 saturated heterocycles. The van der Waals surface area contributed by atoms with E-state index in [-0.39, 0.29) is 0 Å². The van der Waals surface area contributed by atoms with Gasteiger partial charge in [0.05, 0.1) is 7.11 Å². The predicted molar refractivity (Wildman–Crippen MR) is 69.6 cm³/mol. The third-order valence-electron chi connectivity index (χ3n) is 2.95. The fraction of sp³-hybridized carbons (Fsp3) is 0.500. The van der Waals surface area contributed by atoms with Crippen molar-refractivity contribution in [2.45, 2.75) is 6.54 Å². The van der Waals surface area contributed by atoms with Gasteiger partial charge in [-0.3, -0.25) is 9.57 Å². The van der Waals surface area contributed by atoms with Crippen LogP contribution >= 0.6 is 9.39 Å². The molecule has 1 heterocycles. The van der Waals surface area contributed by atoms with Crippen LogP contribution in [0.5, 0.6) is 5.75 Å². The van der Waals surface area contributed by atoms with Crippen LogP contribution in [0.1, 0.15) is 5.56 Å². The Morgan fingerprint density at radius 1 is 1.25 bits per heavy atom. The van der Waals surface area contributed by atoms with Gasteiger partial charge in [0.15, 0.2) is 0 Å². The maximum Gasteiger partial charge on any atom is 0.119 e. The molecule has 1 aromatic carbocycles. The van der Waals surface area contributed by atoms with E-state index in [4.69, 9.17) is 4.74 Å². The normalized spacial score (nSPS) is 18.6. The van der Waals surface area contributed by atoms with Crippen LogP contribution in [-0.2, 0) is 6.54 Å². The average molecular weight is 238 g/mol. The van der Waals surface area contributed by atoms with Gasteiger partial charge < -0.3 is 4.74 Å². The van der Waals surface area contributed by atoms with Crippen molar-refractivity contribution in [1.82, 2.24) is 9.57 Å². The molecule has 0 amide bonds. The maximum absolute atomic E-state index is 5.23. The van der Waals surface area contributed by atoms with Gasteiger partial charge in [-0.05, 0) is 17.7 Å². The van der Waals surface area contributed by atoms with E-state index in [1.165, 1.54) is 5.56 Å². The highest BCUT2D eigenvalue weighted by molar-refractivity contribution is 7.13. The highest BCUT2D eigenvalue weighted by atomic mass is 31.0. The Labute approximate surface area is 99.6 Å².